The Balaban J connectivity index is 4.13. The predicted molar refractivity (Wildman–Crippen MR) is 238 cm³/mol. The standard InChI is InChI=1S/C47H94NO7P/c1-6-8-10-12-14-16-18-20-22-23-24-25-26-27-29-31-33-35-37-39-42-52-44-46(45-54-56(50,51)53-43-41-48(3,4)5)55-47(49)40-38-36-34-32-30-28-21-19-17-15-13-11-9-7-2/h19,21,46H,6-18,20,22-45H2,1-5H3/p+1/b21-19-. The highest BCUT2D eigenvalue weighted by Gasteiger charge is 2.26. The van der Waals surface area contributed by atoms with Crippen LogP contribution >= 0.6 is 7.82 Å². The van der Waals surface area contributed by atoms with Crippen LogP contribution in [-0.4, -0.2) is 75.6 Å². The zero-order valence-electron chi connectivity index (χ0n) is 37.9. The molecule has 0 aromatic heterocycles. The number of carbonyl (C=O) groups is 1. The van der Waals surface area contributed by atoms with Crippen LogP contribution in [0.15, 0.2) is 12.2 Å². The van der Waals surface area contributed by atoms with Crippen LogP contribution in [0.4, 0.5) is 0 Å². The molecule has 0 rings (SSSR count). The molecule has 0 saturated carbocycles. The van der Waals surface area contributed by atoms with Crippen molar-refractivity contribution < 1.29 is 37.3 Å². The average molecular weight is 817 g/mol. The van der Waals surface area contributed by atoms with Gasteiger partial charge in [-0.25, -0.2) is 4.57 Å². The van der Waals surface area contributed by atoms with Crippen molar-refractivity contribution in [3.8, 4) is 0 Å². The molecule has 1 N–H and O–H groups in total. The number of nitrogens with zero attached hydrogens (tertiary/aromatic N) is 1. The maximum absolute atomic E-state index is 12.7. The number of esters is 1. The summed E-state index contributed by atoms with van der Waals surface area (Å²) in [7, 11) is 1.68. The van der Waals surface area contributed by atoms with Gasteiger partial charge in [-0.1, -0.05) is 193 Å². The van der Waals surface area contributed by atoms with Crippen molar-refractivity contribution in [3.63, 3.8) is 0 Å². The number of hydrogen-bond acceptors (Lipinski definition) is 6. The number of hydrogen-bond donors (Lipinski definition) is 1. The first-order valence-electron chi connectivity index (χ1n) is 23.9. The third-order valence-corrected chi connectivity index (χ3v) is 11.6. The van der Waals surface area contributed by atoms with Crippen LogP contribution in [0.1, 0.15) is 226 Å². The Labute approximate surface area is 348 Å². The first-order valence-corrected chi connectivity index (χ1v) is 25.4. The van der Waals surface area contributed by atoms with Crippen LogP contribution in [0.3, 0.4) is 0 Å². The first-order chi connectivity index (χ1) is 27.1. The fourth-order valence-corrected chi connectivity index (χ4v) is 7.58. The molecular formula is C47H95NO7P+. The normalized spacial score (nSPS) is 13.8. The van der Waals surface area contributed by atoms with Gasteiger partial charge < -0.3 is 18.9 Å². The van der Waals surface area contributed by atoms with E-state index in [2.05, 4.69) is 26.0 Å². The van der Waals surface area contributed by atoms with Gasteiger partial charge in [-0.3, -0.25) is 13.8 Å². The van der Waals surface area contributed by atoms with Crippen molar-refractivity contribution in [2.45, 2.75) is 232 Å². The molecule has 56 heavy (non-hydrogen) atoms. The Morgan fingerprint density at radius 2 is 0.929 bits per heavy atom. The van der Waals surface area contributed by atoms with Crippen molar-refractivity contribution in [2.75, 3.05) is 54.1 Å². The molecule has 0 bridgehead atoms. The van der Waals surface area contributed by atoms with Crippen molar-refractivity contribution >= 4 is 13.8 Å². The maximum Gasteiger partial charge on any atom is 0.472 e. The van der Waals surface area contributed by atoms with Gasteiger partial charge in [0.15, 0.2) is 0 Å². The Morgan fingerprint density at radius 1 is 0.536 bits per heavy atom. The largest absolute Gasteiger partial charge is 0.472 e. The molecule has 0 aliphatic rings. The molecule has 0 aliphatic carbocycles. The van der Waals surface area contributed by atoms with Gasteiger partial charge >= 0.3 is 13.8 Å². The topological polar surface area (TPSA) is 91.3 Å². The molecular weight excluding hydrogens is 721 g/mol. The summed E-state index contributed by atoms with van der Waals surface area (Å²) in [6, 6.07) is 0. The third kappa shape index (κ3) is 44.3. The van der Waals surface area contributed by atoms with Crippen LogP contribution in [0.2, 0.25) is 0 Å². The zero-order valence-corrected chi connectivity index (χ0v) is 38.8. The third-order valence-electron chi connectivity index (χ3n) is 10.6. The average Bonchev–Trinajstić information content (AvgIpc) is 3.15. The highest BCUT2D eigenvalue weighted by Crippen LogP contribution is 2.43. The number of likely N-dealkylation sites (N-methyl/N-ethyl adjacent to an activating group) is 1. The van der Waals surface area contributed by atoms with Gasteiger partial charge in [-0.2, -0.15) is 0 Å². The number of unbranched alkanes of at least 4 members (excludes halogenated alkanes) is 29. The van der Waals surface area contributed by atoms with Gasteiger partial charge in [0.25, 0.3) is 0 Å². The van der Waals surface area contributed by atoms with E-state index in [0.717, 1.165) is 38.5 Å². The van der Waals surface area contributed by atoms with Crippen LogP contribution in [0, 0.1) is 0 Å². The lowest BCUT2D eigenvalue weighted by molar-refractivity contribution is -0.870. The smallest absolute Gasteiger partial charge is 0.457 e. The fraction of sp³-hybridized carbons (Fsp3) is 0.936. The van der Waals surface area contributed by atoms with E-state index in [1.165, 1.54) is 167 Å². The van der Waals surface area contributed by atoms with E-state index >= 15 is 0 Å². The summed E-state index contributed by atoms with van der Waals surface area (Å²) < 4.78 is 35.1. The number of quaternary nitrogens is 1. The quantitative estimate of drug-likeness (QED) is 0.0215. The minimum absolute atomic E-state index is 0.0904. The predicted octanol–water partition coefficient (Wildman–Crippen LogP) is 14.2. The van der Waals surface area contributed by atoms with E-state index in [4.69, 9.17) is 18.5 Å². The molecule has 0 saturated heterocycles. The van der Waals surface area contributed by atoms with Crippen LogP contribution in [0.25, 0.3) is 0 Å². The number of ether oxygens (including phenoxy) is 2. The molecule has 0 radical (unpaired) electrons. The SMILES string of the molecule is CCCCCCC/C=C\CCCCCCCC(=O)OC(COCCCCCCCCCCCCCCCCCCCCCC)COP(=O)(O)OCC[N+](C)(C)C. The van der Waals surface area contributed by atoms with Gasteiger partial charge in [-0.15, -0.1) is 0 Å². The monoisotopic (exact) mass is 817 g/mol. The first kappa shape index (κ1) is 55.2. The van der Waals surface area contributed by atoms with Crippen LogP contribution < -0.4 is 0 Å². The van der Waals surface area contributed by atoms with Crippen LogP contribution in [-0.2, 0) is 27.9 Å². The minimum atomic E-state index is -4.27. The van der Waals surface area contributed by atoms with Crippen molar-refractivity contribution in [3.05, 3.63) is 12.2 Å². The molecule has 2 atom stereocenters. The Bertz CT molecular complexity index is 909. The van der Waals surface area contributed by atoms with E-state index in [-0.39, 0.29) is 25.8 Å². The van der Waals surface area contributed by atoms with Gasteiger partial charge in [0, 0.05) is 13.0 Å². The lowest BCUT2D eigenvalue weighted by Crippen LogP contribution is -2.37. The molecule has 0 spiro atoms. The second kappa shape index (κ2) is 41.0. The fourth-order valence-electron chi connectivity index (χ4n) is 6.84. The van der Waals surface area contributed by atoms with E-state index in [1.807, 2.05) is 21.1 Å². The molecule has 0 heterocycles. The molecule has 0 aliphatic heterocycles. The van der Waals surface area contributed by atoms with E-state index < -0.39 is 13.9 Å². The van der Waals surface area contributed by atoms with Crippen molar-refractivity contribution in [1.29, 1.82) is 0 Å². The Morgan fingerprint density at radius 3 is 1.36 bits per heavy atom. The highest BCUT2D eigenvalue weighted by atomic mass is 31.2. The highest BCUT2D eigenvalue weighted by molar-refractivity contribution is 7.47. The lowest BCUT2D eigenvalue weighted by Gasteiger charge is -2.24. The molecule has 8 nitrogen and oxygen atoms in total. The van der Waals surface area contributed by atoms with Gasteiger partial charge in [0.1, 0.15) is 19.3 Å². The second-order valence-electron chi connectivity index (χ2n) is 17.5. The second-order valence-corrected chi connectivity index (χ2v) is 19.0. The molecule has 0 amide bonds. The number of rotatable bonds is 45. The Hall–Kier alpha value is -0.760. The Kier molecular flexibility index (Phi) is 40.4. The summed E-state index contributed by atoms with van der Waals surface area (Å²) in [5, 5.41) is 0. The summed E-state index contributed by atoms with van der Waals surface area (Å²) in [4.78, 5) is 22.9. The summed E-state index contributed by atoms with van der Waals surface area (Å²) in [5.74, 6) is -0.318. The number of phosphoric ester groups is 1. The van der Waals surface area contributed by atoms with E-state index in [1.54, 1.807) is 0 Å². The van der Waals surface area contributed by atoms with Gasteiger partial charge in [0.05, 0.1) is 34.4 Å². The van der Waals surface area contributed by atoms with Gasteiger partial charge in [0.2, 0.25) is 0 Å². The number of phosphoric acid groups is 1. The van der Waals surface area contributed by atoms with Crippen molar-refractivity contribution in [2.24, 2.45) is 0 Å². The molecule has 9 heteroatoms. The molecule has 0 fully saturated rings. The van der Waals surface area contributed by atoms with E-state index in [0.29, 0.717) is 24.1 Å². The van der Waals surface area contributed by atoms with Crippen molar-refractivity contribution in [1.82, 2.24) is 0 Å². The molecule has 0 aromatic rings. The van der Waals surface area contributed by atoms with E-state index in [9.17, 15) is 14.3 Å². The number of allylic oxidation sites excluding steroid dienone is 2. The summed E-state index contributed by atoms with van der Waals surface area (Å²) >= 11 is 0. The summed E-state index contributed by atoms with van der Waals surface area (Å²) in [6.45, 7) is 5.65. The van der Waals surface area contributed by atoms with Gasteiger partial charge in [-0.05, 0) is 38.5 Å². The zero-order chi connectivity index (χ0) is 41.3. The summed E-state index contributed by atoms with van der Waals surface area (Å²) in [6.07, 6.45) is 45.3. The molecule has 334 valence electrons. The lowest BCUT2D eigenvalue weighted by atomic mass is 10.0. The molecule has 0 aromatic carbocycles. The number of carbonyl (C=O) groups excluding carboxylic acids is 1. The maximum atomic E-state index is 12.7. The molecule has 2 unspecified atom stereocenters. The minimum Gasteiger partial charge on any atom is -0.457 e. The summed E-state index contributed by atoms with van der Waals surface area (Å²) in [5.41, 5.74) is 0. The van der Waals surface area contributed by atoms with Crippen LogP contribution in [0.5, 0.6) is 0 Å².